The number of hydroxylamine groups is 2. The van der Waals surface area contributed by atoms with Crippen molar-refractivity contribution < 1.29 is 24.0 Å². The van der Waals surface area contributed by atoms with Crippen molar-refractivity contribution in [2.24, 2.45) is 46.3 Å². The number of amides is 2. The van der Waals surface area contributed by atoms with Crippen LogP contribution >= 0.6 is 0 Å². The second-order valence-electron chi connectivity index (χ2n) is 14.5. The van der Waals surface area contributed by atoms with E-state index >= 15 is 0 Å². The molecule has 39 heavy (non-hydrogen) atoms. The Labute approximate surface area is 235 Å². The average molecular weight is 542 g/mol. The van der Waals surface area contributed by atoms with Gasteiger partial charge in [0.25, 0.3) is 11.8 Å². The number of carbonyl (C=O) groups excluding carboxylic acids is 3. The van der Waals surface area contributed by atoms with Crippen LogP contribution in [0.2, 0.25) is 0 Å². The predicted molar refractivity (Wildman–Crippen MR) is 150 cm³/mol. The van der Waals surface area contributed by atoms with Crippen LogP contribution in [0, 0.1) is 46.3 Å². The Kier molecular flexibility index (Phi) is 8.35. The number of ether oxygens (including phenoxy) is 1. The van der Waals surface area contributed by atoms with Gasteiger partial charge in [-0.2, -0.15) is 0 Å². The van der Waals surface area contributed by atoms with Crippen LogP contribution in [0.1, 0.15) is 118 Å². The summed E-state index contributed by atoms with van der Waals surface area (Å²) in [5.41, 5.74) is 2.26. The third-order valence-corrected chi connectivity index (χ3v) is 11.9. The summed E-state index contributed by atoms with van der Waals surface area (Å²) in [5, 5.41) is 0.601. The first kappa shape index (κ1) is 28.8. The number of nitrogens with zero attached hydrogens (tertiary/aromatic N) is 1. The van der Waals surface area contributed by atoms with Crippen LogP contribution in [-0.4, -0.2) is 35.6 Å². The van der Waals surface area contributed by atoms with E-state index in [9.17, 15) is 14.4 Å². The molecule has 0 aromatic carbocycles. The van der Waals surface area contributed by atoms with Crippen LogP contribution in [0.5, 0.6) is 0 Å². The van der Waals surface area contributed by atoms with E-state index in [1.165, 1.54) is 56.9 Å². The standard InChI is InChI=1S/C33H51NO5/c1-21(2)7-6-8-22(3)26-11-12-27-25-10-9-23-19-24(15-17-32(23,4)28(25)16-18-33(26,27)5)38-20-31(37)39-34-29(35)13-14-30(34)36/h9,21-22,24-28H,6-8,10-20H2,1-5H3/t22?,24-,25?,26?,27?,28?,32?,33+/m0/s1. The molecule has 4 aliphatic carbocycles. The second-order valence-corrected chi connectivity index (χ2v) is 14.5. The van der Waals surface area contributed by atoms with E-state index in [4.69, 9.17) is 9.57 Å². The van der Waals surface area contributed by atoms with Crippen LogP contribution in [0.4, 0.5) is 0 Å². The first-order valence-electron chi connectivity index (χ1n) is 15.9. The highest BCUT2D eigenvalue weighted by molar-refractivity contribution is 6.01. The zero-order valence-electron chi connectivity index (χ0n) is 25.0. The average Bonchev–Trinajstić information content (AvgIpc) is 3.41. The van der Waals surface area contributed by atoms with Crippen LogP contribution < -0.4 is 0 Å². The topological polar surface area (TPSA) is 72.9 Å². The van der Waals surface area contributed by atoms with E-state index in [0.29, 0.717) is 10.5 Å². The zero-order chi connectivity index (χ0) is 27.9. The largest absolute Gasteiger partial charge is 0.366 e. The summed E-state index contributed by atoms with van der Waals surface area (Å²) < 4.78 is 5.96. The molecule has 5 aliphatic rings. The fourth-order valence-electron chi connectivity index (χ4n) is 9.77. The molecule has 0 radical (unpaired) electrons. The van der Waals surface area contributed by atoms with Crippen molar-refractivity contribution >= 4 is 17.8 Å². The van der Waals surface area contributed by atoms with Gasteiger partial charge in [-0.15, -0.1) is 5.06 Å². The van der Waals surface area contributed by atoms with Gasteiger partial charge < -0.3 is 9.57 Å². The highest BCUT2D eigenvalue weighted by Crippen LogP contribution is 2.67. The molecule has 6 nitrogen and oxygen atoms in total. The van der Waals surface area contributed by atoms with E-state index in [2.05, 4.69) is 40.7 Å². The summed E-state index contributed by atoms with van der Waals surface area (Å²) >= 11 is 0. The van der Waals surface area contributed by atoms with E-state index in [1.54, 1.807) is 0 Å². The first-order valence-corrected chi connectivity index (χ1v) is 15.9. The van der Waals surface area contributed by atoms with Gasteiger partial charge >= 0.3 is 5.97 Å². The highest BCUT2D eigenvalue weighted by atomic mass is 16.7. The molecule has 218 valence electrons. The molecule has 1 saturated heterocycles. The zero-order valence-corrected chi connectivity index (χ0v) is 25.0. The molecule has 5 rings (SSSR count). The predicted octanol–water partition coefficient (Wildman–Crippen LogP) is 7.02. The minimum Gasteiger partial charge on any atom is -0.366 e. The van der Waals surface area contributed by atoms with Gasteiger partial charge in [0, 0.05) is 12.8 Å². The third-order valence-electron chi connectivity index (χ3n) is 11.9. The second kappa shape index (κ2) is 11.3. The van der Waals surface area contributed by atoms with Gasteiger partial charge in [0.05, 0.1) is 6.10 Å². The maximum Gasteiger partial charge on any atom is 0.358 e. The monoisotopic (exact) mass is 541 g/mol. The Hall–Kier alpha value is -1.69. The Morgan fingerprint density at radius 1 is 1.00 bits per heavy atom. The number of carbonyl (C=O) groups is 3. The van der Waals surface area contributed by atoms with Gasteiger partial charge in [-0.1, -0.05) is 65.5 Å². The van der Waals surface area contributed by atoms with E-state index in [0.717, 1.165) is 54.8 Å². The van der Waals surface area contributed by atoms with Gasteiger partial charge in [-0.05, 0) is 97.7 Å². The van der Waals surface area contributed by atoms with E-state index in [-0.39, 0.29) is 31.0 Å². The van der Waals surface area contributed by atoms with Crippen molar-refractivity contribution in [2.75, 3.05) is 6.61 Å². The van der Waals surface area contributed by atoms with Gasteiger partial charge in [-0.3, -0.25) is 9.59 Å². The van der Waals surface area contributed by atoms with Crippen LogP contribution in [0.3, 0.4) is 0 Å². The Morgan fingerprint density at radius 2 is 1.74 bits per heavy atom. The SMILES string of the molecule is CC(C)CCCC(C)C1CCC2C3CC=C4C[C@@H](OCC(=O)ON5C(=O)CCC5=O)CCC4(C)C3CC[C@]12C. The molecule has 3 saturated carbocycles. The summed E-state index contributed by atoms with van der Waals surface area (Å²) in [4.78, 5) is 40.7. The minimum absolute atomic E-state index is 0.0187. The highest BCUT2D eigenvalue weighted by Gasteiger charge is 2.59. The van der Waals surface area contributed by atoms with Crippen LogP contribution in [-0.2, 0) is 24.0 Å². The van der Waals surface area contributed by atoms with Gasteiger partial charge in [0.2, 0.25) is 0 Å². The Morgan fingerprint density at radius 3 is 2.46 bits per heavy atom. The fraction of sp³-hybridized carbons (Fsp3) is 0.848. The van der Waals surface area contributed by atoms with Crippen LogP contribution in [0.15, 0.2) is 11.6 Å². The Balaban J connectivity index is 1.18. The molecule has 0 bridgehead atoms. The first-order chi connectivity index (χ1) is 18.5. The summed E-state index contributed by atoms with van der Waals surface area (Å²) in [6, 6.07) is 0. The molecule has 0 aromatic rings. The molecule has 1 heterocycles. The molecule has 0 spiro atoms. The van der Waals surface area contributed by atoms with Crippen LogP contribution in [0.25, 0.3) is 0 Å². The van der Waals surface area contributed by atoms with Crippen molar-refractivity contribution in [3.05, 3.63) is 11.6 Å². The normalized spacial score (nSPS) is 38.8. The Bertz CT molecular complexity index is 973. The lowest BCUT2D eigenvalue weighted by Crippen LogP contribution is -2.51. The summed E-state index contributed by atoms with van der Waals surface area (Å²) in [5.74, 6) is 3.34. The van der Waals surface area contributed by atoms with Gasteiger partial charge in [0.15, 0.2) is 0 Å². The van der Waals surface area contributed by atoms with Crippen molar-refractivity contribution in [1.29, 1.82) is 0 Å². The maximum absolute atomic E-state index is 12.3. The number of hydrogen-bond donors (Lipinski definition) is 0. The molecule has 1 aliphatic heterocycles. The van der Waals surface area contributed by atoms with Gasteiger partial charge in [0.1, 0.15) is 6.61 Å². The molecular formula is C33H51NO5. The quantitative estimate of drug-likeness (QED) is 0.232. The minimum atomic E-state index is -0.676. The molecule has 0 aromatic heterocycles. The third kappa shape index (κ3) is 5.48. The molecule has 0 N–H and O–H groups in total. The van der Waals surface area contributed by atoms with Gasteiger partial charge in [-0.25, -0.2) is 4.79 Å². The summed E-state index contributed by atoms with van der Waals surface area (Å²) in [7, 11) is 0. The number of hydrogen-bond acceptors (Lipinski definition) is 5. The fourth-order valence-corrected chi connectivity index (χ4v) is 9.77. The lowest BCUT2D eigenvalue weighted by Gasteiger charge is -2.58. The lowest BCUT2D eigenvalue weighted by atomic mass is 9.47. The van der Waals surface area contributed by atoms with Crippen molar-refractivity contribution in [3.63, 3.8) is 0 Å². The molecule has 4 fully saturated rings. The molecule has 8 atom stereocenters. The summed E-state index contributed by atoms with van der Waals surface area (Å²) in [6.45, 7) is 12.2. The van der Waals surface area contributed by atoms with Crippen molar-refractivity contribution in [3.8, 4) is 0 Å². The number of fused-ring (bicyclic) bond motifs is 5. The lowest BCUT2D eigenvalue weighted by molar-refractivity contribution is -0.201. The number of imide groups is 1. The molecule has 6 unspecified atom stereocenters. The smallest absolute Gasteiger partial charge is 0.358 e. The van der Waals surface area contributed by atoms with Crippen molar-refractivity contribution in [2.45, 2.75) is 124 Å². The summed E-state index contributed by atoms with van der Waals surface area (Å²) in [6.07, 6.45) is 16.5. The molecule has 6 heteroatoms. The number of rotatable bonds is 9. The van der Waals surface area contributed by atoms with E-state index < -0.39 is 17.8 Å². The molecular weight excluding hydrogens is 490 g/mol. The molecule has 2 amide bonds. The van der Waals surface area contributed by atoms with Crippen molar-refractivity contribution in [1.82, 2.24) is 5.06 Å². The van der Waals surface area contributed by atoms with E-state index in [1.807, 2.05) is 0 Å². The number of allylic oxidation sites excluding steroid dienone is 1. The maximum atomic E-state index is 12.3.